The zero-order chi connectivity index (χ0) is 17.4. The molecule has 2 rings (SSSR count). The van der Waals surface area contributed by atoms with Crippen LogP contribution >= 0.6 is 0 Å². The standard InChI is InChI=1S/C18H27N3O3/c1-3-24-18(23)21-9-7-16(8-10-21)19-13-17(22)20-12-15-6-4-5-14(2)11-15/h4-6,11,16,19H,3,7-10,12-13H2,1-2H3,(H,20,22). The molecule has 0 spiro atoms. The fourth-order valence-electron chi connectivity index (χ4n) is 2.80. The number of ether oxygens (including phenoxy) is 1. The summed E-state index contributed by atoms with van der Waals surface area (Å²) >= 11 is 0. The molecule has 1 aliphatic heterocycles. The van der Waals surface area contributed by atoms with Crippen molar-refractivity contribution in [3.8, 4) is 0 Å². The lowest BCUT2D eigenvalue weighted by Crippen LogP contribution is -2.47. The summed E-state index contributed by atoms with van der Waals surface area (Å²) in [4.78, 5) is 25.3. The van der Waals surface area contributed by atoms with Crippen molar-refractivity contribution in [3.63, 3.8) is 0 Å². The van der Waals surface area contributed by atoms with Crippen LogP contribution in [0.1, 0.15) is 30.9 Å². The number of carbonyl (C=O) groups excluding carboxylic acids is 2. The van der Waals surface area contributed by atoms with Gasteiger partial charge >= 0.3 is 6.09 Å². The van der Waals surface area contributed by atoms with Gasteiger partial charge in [0, 0.05) is 25.7 Å². The fourth-order valence-corrected chi connectivity index (χ4v) is 2.80. The van der Waals surface area contributed by atoms with Gasteiger partial charge in [0.15, 0.2) is 0 Å². The van der Waals surface area contributed by atoms with Crippen LogP contribution in [-0.2, 0) is 16.1 Å². The number of nitrogens with one attached hydrogen (secondary N) is 2. The van der Waals surface area contributed by atoms with Crippen molar-refractivity contribution in [2.24, 2.45) is 0 Å². The Kier molecular flexibility index (Phi) is 7.06. The number of hydrogen-bond donors (Lipinski definition) is 2. The van der Waals surface area contributed by atoms with Crippen LogP contribution < -0.4 is 10.6 Å². The normalized spacial score (nSPS) is 15.2. The minimum absolute atomic E-state index is 0.00988. The molecule has 1 aromatic rings. The number of nitrogens with zero attached hydrogens (tertiary/aromatic N) is 1. The fraction of sp³-hybridized carbons (Fsp3) is 0.556. The molecule has 0 unspecified atom stereocenters. The molecule has 24 heavy (non-hydrogen) atoms. The first-order valence-electron chi connectivity index (χ1n) is 8.55. The molecule has 1 aromatic carbocycles. The van der Waals surface area contributed by atoms with E-state index in [0.29, 0.717) is 32.8 Å². The van der Waals surface area contributed by atoms with Crippen LogP contribution in [0.3, 0.4) is 0 Å². The first kappa shape index (κ1) is 18.3. The average molecular weight is 333 g/mol. The van der Waals surface area contributed by atoms with E-state index in [9.17, 15) is 9.59 Å². The Balaban J connectivity index is 1.63. The van der Waals surface area contributed by atoms with E-state index in [4.69, 9.17) is 4.74 Å². The molecule has 0 radical (unpaired) electrons. The van der Waals surface area contributed by atoms with E-state index in [0.717, 1.165) is 18.4 Å². The highest BCUT2D eigenvalue weighted by Crippen LogP contribution is 2.11. The highest BCUT2D eigenvalue weighted by molar-refractivity contribution is 5.78. The number of hydrogen-bond acceptors (Lipinski definition) is 4. The number of carbonyl (C=O) groups is 2. The summed E-state index contributed by atoms with van der Waals surface area (Å²) < 4.78 is 5.00. The van der Waals surface area contributed by atoms with Gasteiger partial charge in [-0.25, -0.2) is 4.79 Å². The lowest BCUT2D eigenvalue weighted by Gasteiger charge is -2.31. The lowest BCUT2D eigenvalue weighted by molar-refractivity contribution is -0.120. The van der Waals surface area contributed by atoms with Gasteiger partial charge in [0.25, 0.3) is 0 Å². The van der Waals surface area contributed by atoms with Gasteiger partial charge < -0.3 is 20.3 Å². The molecule has 1 saturated heterocycles. The maximum absolute atomic E-state index is 11.9. The van der Waals surface area contributed by atoms with E-state index < -0.39 is 0 Å². The summed E-state index contributed by atoms with van der Waals surface area (Å²) in [5.41, 5.74) is 2.29. The van der Waals surface area contributed by atoms with Gasteiger partial charge in [0.2, 0.25) is 5.91 Å². The maximum atomic E-state index is 11.9. The van der Waals surface area contributed by atoms with E-state index >= 15 is 0 Å². The summed E-state index contributed by atoms with van der Waals surface area (Å²) in [5.74, 6) is -0.00988. The molecule has 2 amide bonds. The highest BCUT2D eigenvalue weighted by atomic mass is 16.6. The number of benzene rings is 1. The number of aryl methyl sites for hydroxylation is 1. The van der Waals surface area contributed by atoms with Gasteiger partial charge in [-0.05, 0) is 32.3 Å². The molecule has 132 valence electrons. The Morgan fingerprint density at radius 1 is 1.29 bits per heavy atom. The van der Waals surface area contributed by atoms with Gasteiger partial charge in [0.05, 0.1) is 13.2 Å². The number of amides is 2. The Hall–Kier alpha value is -2.08. The van der Waals surface area contributed by atoms with Gasteiger partial charge in [-0.15, -0.1) is 0 Å². The van der Waals surface area contributed by atoms with Crippen LogP contribution in [0, 0.1) is 6.92 Å². The van der Waals surface area contributed by atoms with Crippen LogP contribution in [0.15, 0.2) is 24.3 Å². The predicted octanol–water partition coefficient (Wildman–Crippen LogP) is 1.82. The number of rotatable bonds is 6. The smallest absolute Gasteiger partial charge is 0.409 e. The van der Waals surface area contributed by atoms with Gasteiger partial charge in [-0.1, -0.05) is 29.8 Å². The Morgan fingerprint density at radius 2 is 2.04 bits per heavy atom. The van der Waals surface area contributed by atoms with Crippen molar-refractivity contribution in [2.75, 3.05) is 26.2 Å². The summed E-state index contributed by atoms with van der Waals surface area (Å²) in [6.07, 6.45) is 1.43. The second kappa shape index (κ2) is 9.27. The van der Waals surface area contributed by atoms with Crippen molar-refractivity contribution in [3.05, 3.63) is 35.4 Å². The molecule has 6 heteroatoms. The third-order valence-corrected chi connectivity index (χ3v) is 4.14. The zero-order valence-corrected chi connectivity index (χ0v) is 14.5. The molecular weight excluding hydrogens is 306 g/mol. The molecule has 0 saturated carbocycles. The molecule has 0 bridgehead atoms. The number of likely N-dealkylation sites (tertiary alicyclic amines) is 1. The Labute approximate surface area is 143 Å². The summed E-state index contributed by atoms with van der Waals surface area (Å²) in [6.45, 7) is 6.43. The largest absolute Gasteiger partial charge is 0.450 e. The Bertz CT molecular complexity index is 554. The van der Waals surface area contributed by atoms with Gasteiger partial charge in [-0.3, -0.25) is 4.79 Å². The van der Waals surface area contributed by atoms with E-state index in [2.05, 4.69) is 16.7 Å². The first-order valence-corrected chi connectivity index (χ1v) is 8.55. The van der Waals surface area contributed by atoms with Crippen molar-refractivity contribution in [2.45, 2.75) is 39.3 Å². The summed E-state index contributed by atoms with van der Waals surface area (Å²) in [7, 11) is 0. The van der Waals surface area contributed by atoms with Crippen molar-refractivity contribution < 1.29 is 14.3 Å². The SMILES string of the molecule is CCOC(=O)N1CCC(NCC(=O)NCc2cccc(C)c2)CC1. The van der Waals surface area contributed by atoms with Crippen LogP contribution in [0.5, 0.6) is 0 Å². The van der Waals surface area contributed by atoms with Crippen LogP contribution in [0.4, 0.5) is 4.79 Å². The first-order chi connectivity index (χ1) is 11.6. The molecular formula is C18H27N3O3. The lowest BCUT2D eigenvalue weighted by atomic mass is 10.1. The molecule has 1 aliphatic rings. The summed E-state index contributed by atoms with van der Waals surface area (Å²) in [6, 6.07) is 8.37. The van der Waals surface area contributed by atoms with Crippen LogP contribution in [-0.4, -0.2) is 49.2 Å². The van der Waals surface area contributed by atoms with Gasteiger partial charge in [-0.2, -0.15) is 0 Å². The van der Waals surface area contributed by atoms with E-state index in [-0.39, 0.29) is 18.0 Å². The van der Waals surface area contributed by atoms with E-state index in [1.54, 1.807) is 4.90 Å². The van der Waals surface area contributed by atoms with Crippen molar-refractivity contribution in [1.82, 2.24) is 15.5 Å². The van der Waals surface area contributed by atoms with Crippen molar-refractivity contribution >= 4 is 12.0 Å². The second-order valence-electron chi connectivity index (χ2n) is 6.11. The topological polar surface area (TPSA) is 70.7 Å². The average Bonchev–Trinajstić information content (AvgIpc) is 2.59. The summed E-state index contributed by atoms with van der Waals surface area (Å²) in [5, 5.41) is 6.19. The molecule has 0 atom stereocenters. The minimum atomic E-state index is -0.244. The molecule has 1 fully saturated rings. The molecule has 0 aliphatic carbocycles. The second-order valence-corrected chi connectivity index (χ2v) is 6.11. The number of piperidine rings is 1. The monoisotopic (exact) mass is 333 g/mol. The minimum Gasteiger partial charge on any atom is -0.450 e. The molecule has 2 N–H and O–H groups in total. The van der Waals surface area contributed by atoms with Crippen LogP contribution in [0.2, 0.25) is 0 Å². The predicted molar refractivity (Wildman–Crippen MR) is 92.6 cm³/mol. The third-order valence-electron chi connectivity index (χ3n) is 4.14. The van der Waals surface area contributed by atoms with Gasteiger partial charge in [0.1, 0.15) is 0 Å². The van der Waals surface area contributed by atoms with Crippen LogP contribution in [0.25, 0.3) is 0 Å². The maximum Gasteiger partial charge on any atom is 0.409 e. The molecule has 0 aromatic heterocycles. The van der Waals surface area contributed by atoms with E-state index in [1.165, 1.54) is 5.56 Å². The Morgan fingerprint density at radius 3 is 2.71 bits per heavy atom. The molecule has 6 nitrogen and oxygen atoms in total. The quantitative estimate of drug-likeness (QED) is 0.833. The molecule has 1 heterocycles. The van der Waals surface area contributed by atoms with E-state index in [1.807, 2.05) is 32.0 Å². The highest BCUT2D eigenvalue weighted by Gasteiger charge is 2.23. The zero-order valence-electron chi connectivity index (χ0n) is 14.5. The van der Waals surface area contributed by atoms with Crippen molar-refractivity contribution in [1.29, 1.82) is 0 Å². The third kappa shape index (κ3) is 5.85.